The maximum Gasteiger partial charge on any atom is 0.165 e. The van der Waals surface area contributed by atoms with E-state index in [4.69, 9.17) is 39.9 Å². The van der Waals surface area contributed by atoms with Gasteiger partial charge in [-0.15, -0.1) is 0 Å². The van der Waals surface area contributed by atoms with Crippen molar-refractivity contribution in [2.24, 2.45) is 51.8 Å². The Morgan fingerprint density at radius 1 is 0.425 bits per heavy atom. The summed E-state index contributed by atoms with van der Waals surface area (Å²) in [7, 11) is 0. The molecule has 1 atom stereocenters. The molecule has 12 aromatic rings. The molecule has 6 saturated carbocycles. The molecule has 113 heavy (non-hydrogen) atoms. The molecular weight excluding hydrogens is 1470 g/mol. The van der Waals surface area contributed by atoms with E-state index in [1.165, 1.54) is 34.5 Å². The molecule has 12 nitrogen and oxygen atoms in total. The van der Waals surface area contributed by atoms with E-state index >= 15 is 0 Å². The number of fused-ring (bicyclic) bond motifs is 3. The van der Waals surface area contributed by atoms with Crippen LogP contribution >= 0.6 is 34.8 Å². The summed E-state index contributed by atoms with van der Waals surface area (Å²) in [5, 5.41) is 17.1. The fourth-order valence-electron chi connectivity index (χ4n) is 20.6. The summed E-state index contributed by atoms with van der Waals surface area (Å²) >= 11 is 19.2. The van der Waals surface area contributed by atoms with Crippen molar-refractivity contribution in [2.45, 2.75) is 163 Å². The van der Waals surface area contributed by atoms with Crippen molar-refractivity contribution in [3.05, 3.63) is 266 Å². The number of Topliss-reactive ketones (excluding diaryl/α,β-unsaturated/α-hetero) is 6. The third kappa shape index (κ3) is 16.3. The SMILES string of the molecule is CC(=O)C1CC2(CC(CC(=O)c3cc(Cl)cc4cnn(C(C)c5ccc(-c6ccccc6)cc5)c34)C2)C1.CC(=O)CC1CC2(C1)CC(CC(=O)c1cc(Cl)c(C)c3cnn(Cc4ccc(-c5ccccc5)cc4)c13)C2.CC(=O)CC1CC2(C1)CC(CC(=O)c1cc(Cl)c(F)c3cnn(Cc4ccc(-c5ccccc5)cc4)c13)C2. The zero-order valence-electron chi connectivity index (χ0n) is 64.8. The van der Waals surface area contributed by atoms with Crippen LogP contribution in [0.1, 0.15) is 196 Å². The van der Waals surface area contributed by atoms with Gasteiger partial charge in [0.25, 0.3) is 0 Å². The first-order valence-corrected chi connectivity index (χ1v) is 41.2. The van der Waals surface area contributed by atoms with Gasteiger partial charge in [0.2, 0.25) is 0 Å². The lowest BCUT2D eigenvalue weighted by atomic mass is 9.47. The second-order valence-corrected chi connectivity index (χ2v) is 35.7. The molecule has 3 aromatic heterocycles. The minimum atomic E-state index is -0.544. The predicted molar refractivity (Wildman–Crippen MR) is 448 cm³/mol. The summed E-state index contributed by atoms with van der Waals surface area (Å²) < 4.78 is 20.6. The number of nitrogens with zero attached hydrogens (tertiary/aromatic N) is 6. The fourth-order valence-corrected chi connectivity index (χ4v) is 21.3. The first-order chi connectivity index (χ1) is 54.4. The number of hydrogen-bond acceptors (Lipinski definition) is 9. The van der Waals surface area contributed by atoms with Gasteiger partial charge < -0.3 is 9.59 Å². The Morgan fingerprint density at radius 3 is 1.20 bits per heavy atom. The quantitative estimate of drug-likeness (QED) is 0.0569. The van der Waals surface area contributed by atoms with Crippen molar-refractivity contribution in [1.82, 2.24) is 29.3 Å². The second-order valence-electron chi connectivity index (χ2n) is 34.4. The zero-order valence-corrected chi connectivity index (χ0v) is 67.0. The molecule has 3 heterocycles. The van der Waals surface area contributed by atoms with Crippen LogP contribution in [0.15, 0.2) is 207 Å². The highest BCUT2D eigenvalue weighted by atomic mass is 35.5. The molecule has 6 aliphatic carbocycles. The maximum atomic E-state index is 14.9. The molecule has 18 rings (SSSR count). The molecule has 0 bridgehead atoms. The standard InChI is InChI=1S/C33H33ClN2O2.C32H30ClFN2O2.C32H31ClN2O2/c1-21(37)12-24-15-33(16-24)17-25(18-33)13-31(38)28-14-30(34)22(2)29-19-35-36(32(28)29)20-23-8-10-27(11-9-23)26-6-4-3-5-7-26;1-20(37)11-22-14-32(15-22)16-23(17-32)12-29(38)26-13-28(33)30(34)27-18-35-36(31(26)27)19-21-7-9-25(10-8-21)24-5-3-2-4-6-24;1-20(23-8-10-25(11-9-23)24-6-4-3-5-7-24)35-31-26(19-34-35)13-28(33)14-29(31)30(37)12-22-15-32(16-22)17-27(18-32)21(2)36/h3-11,14,19,24-25H,12-13,15-18,20H2,1-2H3;2-10,13,18,22-23H,11-12,14-17,19H2,1H3;3-11,13-14,19-20,22,27H,12,15-18H2,1-2H3. The summed E-state index contributed by atoms with van der Waals surface area (Å²) in [4.78, 5) is 75.1. The van der Waals surface area contributed by atoms with Gasteiger partial charge in [0.15, 0.2) is 23.2 Å². The van der Waals surface area contributed by atoms with Crippen LogP contribution in [0.5, 0.6) is 0 Å². The second kappa shape index (κ2) is 31.9. The summed E-state index contributed by atoms with van der Waals surface area (Å²) in [6, 6.07) is 63.1. The average molecular weight is 1570 g/mol. The normalized spacial score (nSPS) is 22.7. The number of rotatable bonds is 23. The smallest absolute Gasteiger partial charge is 0.165 e. The number of carbonyl (C=O) groups excluding carboxylic acids is 6. The van der Waals surface area contributed by atoms with Crippen LogP contribution in [0.2, 0.25) is 15.1 Å². The lowest BCUT2D eigenvalue weighted by Gasteiger charge is -2.58. The van der Waals surface area contributed by atoms with Gasteiger partial charge in [-0.05, 0) is 237 Å². The van der Waals surface area contributed by atoms with Gasteiger partial charge >= 0.3 is 0 Å². The average Bonchev–Trinajstić information content (AvgIpc) is 1.46. The number of halogens is 4. The van der Waals surface area contributed by atoms with Crippen molar-refractivity contribution < 1.29 is 33.2 Å². The monoisotopic (exact) mass is 1560 g/mol. The van der Waals surface area contributed by atoms with E-state index in [0.717, 1.165) is 132 Å². The van der Waals surface area contributed by atoms with Gasteiger partial charge in [0.1, 0.15) is 17.3 Å². The molecule has 0 amide bonds. The van der Waals surface area contributed by atoms with Gasteiger partial charge in [0, 0.05) is 75.5 Å². The topological polar surface area (TPSA) is 156 Å². The Balaban J connectivity index is 0.000000128. The Morgan fingerprint density at radius 2 is 0.788 bits per heavy atom. The van der Waals surface area contributed by atoms with E-state index < -0.39 is 5.82 Å². The van der Waals surface area contributed by atoms with E-state index in [-0.39, 0.29) is 45.5 Å². The summed E-state index contributed by atoms with van der Waals surface area (Å²) in [5.41, 5.74) is 16.2. The highest BCUT2D eigenvalue weighted by molar-refractivity contribution is 6.34. The first kappa shape index (κ1) is 77.2. The minimum Gasteiger partial charge on any atom is -0.300 e. The Kier molecular flexibility index (Phi) is 21.8. The van der Waals surface area contributed by atoms with Crippen molar-refractivity contribution in [2.75, 3.05) is 0 Å². The molecule has 3 spiro atoms. The summed E-state index contributed by atoms with van der Waals surface area (Å²) in [6.45, 7) is 10.2. The third-order valence-corrected chi connectivity index (χ3v) is 26.8. The lowest BCUT2D eigenvalue weighted by Crippen LogP contribution is -2.49. The van der Waals surface area contributed by atoms with E-state index in [1.807, 2.05) is 101 Å². The van der Waals surface area contributed by atoms with Crippen LogP contribution in [0.4, 0.5) is 4.39 Å². The van der Waals surface area contributed by atoms with E-state index in [9.17, 15) is 33.2 Å². The minimum absolute atomic E-state index is 0.0162. The molecule has 9 aromatic carbocycles. The molecule has 6 fully saturated rings. The molecular formula is C97H94Cl3FN6O6. The van der Waals surface area contributed by atoms with Crippen LogP contribution in [-0.2, 0) is 27.5 Å². The molecule has 0 saturated heterocycles. The number of ketones is 6. The number of carbonyl (C=O) groups is 6. The maximum absolute atomic E-state index is 14.9. The molecule has 6 aliphatic rings. The Hall–Kier alpha value is -9.79. The Bertz CT molecular complexity index is 5360. The van der Waals surface area contributed by atoms with Crippen molar-refractivity contribution in [1.29, 1.82) is 0 Å². The number of benzene rings is 9. The van der Waals surface area contributed by atoms with Crippen LogP contribution in [0.25, 0.3) is 66.1 Å². The van der Waals surface area contributed by atoms with Crippen molar-refractivity contribution in [3.8, 4) is 33.4 Å². The van der Waals surface area contributed by atoms with Crippen molar-refractivity contribution in [3.63, 3.8) is 0 Å². The molecule has 1 unspecified atom stereocenters. The highest BCUT2D eigenvalue weighted by Crippen LogP contribution is 2.65. The van der Waals surface area contributed by atoms with E-state index in [1.54, 1.807) is 37.7 Å². The summed E-state index contributed by atoms with van der Waals surface area (Å²) in [5.74, 6) is 3.00. The van der Waals surface area contributed by atoms with Crippen LogP contribution in [-0.4, -0.2) is 64.0 Å². The highest BCUT2D eigenvalue weighted by Gasteiger charge is 2.56. The largest absolute Gasteiger partial charge is 0.300 e. The van der Waals surface area contributed by atoms with Crippen LogP contribution in [0.3, 0.4) is 0 Å². The van der Waals surface area contributed by atoms with Crippen LogP contribution < -0.4 is 0 Å². The van der Waals surface area contributed by atoms with E-state index in [2.05, 4.69) is 114 Å². The Labute approximate surface area is 674 Å². The van der Waals surface area contributed by atoms with Crippen LogP contribution in [0, 0.1) is 64.5 Å². The number of aromatic nitrogens is 6. The molecule has 0 radical (unpaired) electrons. The first-order valence-electron chi connectivity index (χ1n) is 40.1. The molecule has 0 aliphatic heterocycles. The van der Waals surface area contributed by atoms with Gasteiger partial charge in [-0.3, -0.25) is 33.2 Å². The molecule has 0 N–H and O–H groups in total. The van der Waals surface area contributed by atoms with Gasteiger partial charge in [-0.25, -0.2) is 4.39 Å². The number of hydrogen-bond donors (Lipinski definition) is 0. The zero-order chi connectivity index (χ0) is 78.6. The van der Waals surface area contributed by atoms with Gasteiger partial charge in [0.05, 0.1) is 64.7 Å². The predicted octanol–water partition coefficient (Wildman–Crippen LogP) is 23.9. The lowest BCUT2D eigenvalue weighted by molar-refractivity contribution is -0.136. The number of aryl methyl sites for hydroxylation is 1. The molecule has 576 valence electrons. The molecule has 16 heteroatoms. The van der Waals surface area contributed by atoms with Crippen molar-refractivity contribution >= 4 is 102 Å². The van der Waals surface area contributed by atoms with Gasteiger partial charge in [-0.2, -0.15) is 15.3 Å². The third-order valence-electron chi connectivity index (χ3n) is 25.9. The summed E-state index contributed by atoms with van der Waals surface area (Å²) in [6.07, 6.45) is 20.8. The van der Waals surface area contributed by atoms with E-state index in [0.29, 0.717) is 135 Å². The fraction of sp³-hybridized carbons (Fsp3) is 0.351. The van der Waals surface area contributed by atoms with Gasteiger partial charge in [-0.1, -0.05) is 199 Å².